The smallest absolute Gasteiger partial charge is 0.407 e. The van der Waals surface area contributed by atoms with Crippen molar-refractivity contribution in [3.8, 4) is 0 Å². The molecule has 0 spiro atoms. The Balaban J connectivity index is 4.97. The van der Waals surface area contributed by atoms with Gasteiger partial charge in [-0.05, 0) is 19.8 Å². The normalized spacial score (nSPS) is 11.2. The molecule has 0 unspecified atom stereocenters. The maximum absolute atomic E-state index is 12.2. The average Bonchev–Trinajstić information content (AvgIpc) is 3.22. The minimum absolute atomic E-state index is 0.0324. The quantitative estimate of drug-likeness (QED) is 0.0480. The van der Waals surface area contributed by atoms with E-state index in [9.17, 15) is 24.0 Å². The minimum Gasteiger partial charge on any atom is -0.447 e. The largest absolute Gasteiger partial charge is 0.447 e. The number of alkyl carbamates (subject to hydrolysis) is 3. The Kier molecular flexibility index (Phi) is 39.8. The van der Waals surface area contributed by atoms with E-state index < -0.39 is 23.7 Å². The van der Waals surface area contributed by atoms with Gasteiger partial charge in [0.1, 0.15) is 25.6 Å². The minimum atomic E-state index is -0.909. The number of Topliss-reactive ketones (excluding diaryl/α,β-unsaturated/α-hetero) is 1. The molecule has 4 N–H and O–H groups in total. The molecule has 0 saturated carbocycles. The Hall–Kier alpha value is -3.45. The van der Waals surface area contributed by atoms with Gasteiger partial charge in [-0.25, -0.2) is 14.4 Å². The van der Waals surface area contributed by atoms with E-state index in [0.29, 0.717) is 98.3 Å². The van der Waals surface area contributed by atoms with Crippen molar-refractivity contribution >= 4 is 30.0 Å². The molecule has 0 heterocycles. The molecule has 0 aliphatic rings. The third-order valence-corrected chi connectivity index (χ3v) is 7.56. The second-order valence-electron chi connectivity index (χ2n) is 13.0. The predicted molar refractivity (Wildman–Crippen MR) is 214 cm³/mol. The zero-order valence-electron chi connectivity index (χ0n) is 36.1. The molecule has 22 nitrogen and oxygen atoms in total. The van der Waals surface area contributed by atoms with Crippen LogP contribution < -0.4 is 21.3 Å². The summed E-state index contributed by atoms with van der Waals surface area (Å²) in [5, 5.41) is 10.5. The number of carbonyl (C=O) groups excluding carboxylic acids is 5. The number of carbonyl (C=O) groups is 5. The maximum atomic E-state index is 12.2. The topological polar surface area (TPSA) is 253 Å². The van der Waals surface area contributed by atoms with Crippen LogP contribution in [0, 0.1) is 5.41 Å². The molecule has 0 aromatic rings. The number of hydrogen-bond donors (Lipinski definition) is 4. The number of ketones is 1. The molecule has 60 heavy (non-hydrogen) atoms. The molecule has 0 saturated heterocycles. The summed E-state index contributed by atoms with van der Waals surface area (Å²) in [4.78, 5) is 58.8. The van der Waals surface area contributed by atoms with E-state index in [-0.39, 0.29) is 97.4 Å². The van der Waals surface area contributed by atoms with E-state index in [1.807, 2.05) is 0 Å². The summed E-state index contributed by atoms with van der Waals surface area (Å²) in [5.41, 5.74) is -0.909. The molecule has 0 radical (unpaired) electrons. The van der Waals surface area contributed by atoms with Gasteiger partial charge in [-0.2, -0.15) is 0 Å². The predicted octanol–water partition coefficient (Wildman–Crippen LogP) is 0.472. The van der Waals surface area contributed by atoms with E-state index in [0.717, 1.165) is 0 Å². The summed E-state index contributed by atoms with van der Waals surface area (Å²) in [5.74, 6) is 0.0241. The van der Waals surface area contributed by atoms with Crippen molar-refractivity contribution in [3.63, 3.8) is 0 Å². The van der Waals surface area contributed by atoms with Gasteiger partial charge in [0.05, 0.1) is 105 Å². The number of nitrogens with one attached hydrogen (secondary N) is 4. The molecular weight excluding hydrogens is 800 g/mol. The van der Waals surface area contributed by atoms with Crippen molar-refractivity contribution in [3.05, 3.63) is 0 Å². The van der Waals surface area contributed by atoms with Crippen LogP contribution in [0.15, 0.2) is 0 Å². The number of amides is 4. The average molecular weight is 873 g/mol. The van der Waals surface area contributed by atoms with Gasteiger partial charge < -0.3 is 87.6 Å². The summed E-state index contributed by atoms with van der Waals surface area (Å²) < 4.78 is 70.4. The van der Waals surface area contributed by atoms with Crippen LogP contribution in [0.1, 0.15) is 32.6 Å². The van der Waals surface area contributed by atoms with Gasteiger partial charge >= 0.3 is 18.3 Å². The fourth-order valence-electron chi connectivity index (χ4n) is 4.55. The fourth-order valence-corrected chi connectivity index (χ4v) is 4.55. The highest BCUT2D eigenvalue weighted by atomic mass is 16.6. The highest BCUT2D eigenvalue weighted by molar-refractivity contribution is 5.76. The lowest BCUT2D eigenvalue weighted by Gasteiger charge is -2.33. The number of methoxy groups -OCH3 is 3. The van der Waals surface area contributed by atoms with Gasteiger partial charge in [0, 0.05) is 73.6 Å². The molecule has 0 fully saturated rings. The maximum Gasteiger partial charge on any atom is 0.407 e. The fraction of sp³-hybridized carbons (Fsp3) is 0.868. The van der Waals surface area contributed by atoms with Crippen molar-refractivity contribution in [2.45, 2.75) is 32.6 Å². The van der Waals surface area contributed by atoms with E-state index in [1.54, 1.807) is 6.92 Å². The molecule has 4 amide bonds. The summed E-state index contributed by atoms with van der Waals surface area (Å²) in [6, 6.07) is 0. The Morgan fingerprint density at radius 1 is 0.383 bits per heavy atom. The standard InChI is InChI=1S/C38H72N4O18/c1-33(43)7-5-13-51-19-20-53-18-12-39-34(44)8-6-14-52-21-22-54-29-38(30-55-23-26-58-35(45)40-9-15-48-2,31-56-24-27-59-36(46)41-10-16-49-3)32-57-25-28-60-37(47)42-11-17-50-4/h5-32H2,1-4H3,(H,39,44)(H,40,45)(H,41,46)(H,42,47). The highest BCUT2D eigenvalue weighted by Crippen LogP contribution is 2.21. The first-order valence-electron chi connectivity index (χ1n) is 20.2. The van der Waals surface area contributed by atoms with E-state index in [2.05, 4.69) is 21.3 Å². The molecule has 0 rings (SSSR count). The molecule has 0 aliphatic heterocycles. The van der Waals surface area contributed by atoms with E-state index >= 15 is 0 Å². The third-order valence-electron chi connectivity index (χ3n) is 7.56. The second-order valence-corrected chi connectivity index (χ2v) is 13.0. The summed E-state index contributed by atoms with van der Waals surface area (Å²) >= 11 is 0. The Morgan fingerprint density at radius 2 is 0.717 bits per heavy atom. The lowest BCUT2D eigenvalue weighted by Crippen LogP contribution is -2.43. The van der Waals surface area contributed by atoms with Crippen LogP contribution in [-0.4, -0.2) is 210 Å². The third kappa shape index (κ3) is 38.7. The SMILES string of the molecule is COCCNC(=O)OCCOCC(COCCOCCCC(=O)NCCOCCOCCCC(C)=O)(COCCOC(=O)NCCOC)COCCOC(=O)NCCOC. The highest BCUT2D eigenvalue weighted by Gasteiger charge is 2.33. The monoisotopic (exact) mass is 872 g/mol. The van der Waals surface area contributed by atoms with Crippen LogP contribution >= 0.6 is 0 Å². The van der Waals surface area contributed by atoms with Crippen molar-refractivity contribution in [2.75, 3.05) is 180 Å². The van der Waals surface area contributed by atoms with Crippen molar-refractivity contribution in [2.24, 2.45) is 5.41 Å². The van der Waals surface area contributed by atoms with Gasteiger partial charge in [-0.3, -0.25) is 4.79 Å². The number of ether oxygens (including phenoxy) is 13. The summed E-state index contributed by atoms with van der Waals surface area (Å²) in [6.07, 6.45) is 0.141. The lowest BCUT2D eigenvalue weighted by atomic mass is 9.92. The van der Waals surface area contributed by atoms with Crippen LogP contribution in [0.4, 0.5) is 14.4 Å². The van der Waals surface area contributed by atoms with Crippen LogP contribution in [0.3, 0.4) is 0 Å². The lowest BCUT2D eigenvalue weighted by molar-refractivity contribution is -0.122. The summed E-state index contributed by atoms with van der Waals surface area (Å²) in [6.45, 7) is 6.61. The molecule has 0 aromatic carbocycles. The molecule has 0 aromatic heterocycles. The van der Waals surface area contributed by atoms with E-state index in [1.165, 1.54) is 21.3 Å². The molecule has 22 heteroatoms. The molecule has 352 valence electrons. The second kappa shape index (κ2) is 42.2. The molecular formula is C38H72N4O18. The van der Waals surface area contributed by atoms with Gasteiger partial charge in [0.15, 0.2) is 0 Å². The number of hydrogen-bond acceptors (Lipinski definition) is 18. The molecule has 0 atom stereocenters. The van der Waals surface area contributed by atoms with Gasteiger partial charge in [-0.15, -0.1) is 0 Å². The van der Waals surface area contributed by atoms with Crippen molar-refractivity contribution < 1.29 is 85.6 Å². The van der Waals surface area contributed by atoms with Crippen LogP contribution in [0.2, 0.25) is 0 Å². The van der Waals surface area contributed by atoms with Crippen LogP contribution in [0.25, 0.3) is 0 Å². The van der Waals surface area contributed by atoms with Gasteiger partial charge in [-0.1, -0.05) is 0 Å². The van der Waals surface area contributed by atoms with Gasteiger partial charge in [0.2, 0.25) is 5.91 Å². The first-order chi connectivity index (χ1) is 29.2. The molecule has 0 bridgehead atoms. The van der Waals surface area contributed by atoms with Crippen molar-refractivity contribution in [1.29, 1.82) is 0 Å². The Labute approximate surface area is 354 Å². The van der Waals surface area contributed by atoms with E-state index in [4.69, 9.17) is 61.6 Å². The van der Waals surface area contributed by atoms with Crippen molar-refractivity contribution in [1.82, 2.24) is 21.3 Å². The molecule has 0 aliphatic carbocycles. The Bertz CT molecular complexity index is 998. The first kappa shape index (κ1) is 56.5. The Morgan fingerprint density at radius 3 is 1.10 bits per heavy atom. The number of rotatable bonds is 43. The zero-order valence-corrected chi connectivity index (χ0v) is 36.1. The summed E-state index contributed by atoms with van der Waals surface area (Å²) in [7, 11) is 4.56. The van der Waals surface area contributed by atoms with Gasteiger partial charge in [0.25, 0.3) is 0 Å². The first-order valence-corrected chi connectivity index (χ1v) is 20.2. The van der Waals surface area contributed by atoms with Crippen LogP contribution in [0.5, 0.6) is 0 Å². The van der Waals surface area contributed by atoms with Crippen LogP contribution in [-0.2, 0) is 71.2 Å². The zero-order chi connectivity index (χ0) is 44.2.